The summed E-state index contributed by atoms with van der Waals surface area (Å²) >= 11 is 0. The van der Waals surface area contributed by atoms with E-state index in [2.05, 4.69) is 10.2 Å². The Morgan fingerprint density at radius 2 is 1.81 bits per heavy atom. The third kappa shape index (κ3) is 5.53. The number of nitrogens with zero attached hydrogens (tertiary/aromatic N) is 2. The third-order valence-electron chi connectivity index (χ3n) is 5.33. The van der Waals surface area contributed by atoms with Crippen molar-refractivity contribution in [3.8, 4) is 11.5 Å². The summed E-state index contributed by atoms with van der Waals surface area (Å²) in [6.45, 7) is 4.68. The minimum Gasteiger partial charge on any atom is -0.457 e. The molecule has 0 unspecified atom stereocenters. The Kier molecular flexibility index (Phi) is 6.51. The first kappa shape index (κ1) is 21.6. The molecular formula is C24H25N3O5. The summed E-state index contributed by atoms with van der Waals surface area (Å²) < 4.78 is 11.5. The van der Waals surface area contributed by atoms with Gasteiger partial charge in [0.1, 0.15) is 17.3 Å². The number of hydrogen-bond donors (Lipinski definition) is 1. The standard InChI is InChI=1S/C24H25N3O5/c1-17-5-7-20(8-6-17)31-22-14-18(13-19(15-22)27(29)30)25-24(28)23-10-9-21(32-23)16-26-11-3-2-4-12-26/h5-10,13-15H,2-4,11-12,16H2,1H3,(H,25,28). The smallest absolute Gasteiger partial charge is 0.291 e. The van der Waals surface area contributed by atoms with Crippen molar-refractivity contribution in [2.45, 2.75) is 32.7 Å². The van der Waals surface area contributed by atoms with E-state index in [-0.39, 0.29) is 22.9 Å². The Labute approximate surface area is 185 Å². The molecule has 2 heterocycles. The lowest BCUT2D eigenvalue weighted by atomic mass is 10.1. The zero-order chi connectivity index (χ0) is 22.5. The molecule has 1 N–H and O–H groups in total. The quantitative estimate of drug-likeness (QED) is 0.387. The molecule has 1 fully saturated rings. The first-order chi connectivity index (χ1) is 15.5. The van der Waals surface area contributed by atoms with Crippen LogP contribution >= 0.6 is 0 Å². The van der Waals surface area contributed by atoms with Crippen LogP contribution in [0, 0.1) is 17.0 Å². The maximum Gasteiger partial charge on any atom is 0.291 e. The van der Waals surface area contributed by atoms with Crippen molar-refractivity contribution in [3.63, 3.8) is 0 Å². The van der Waals surface area contributed by atoms with Gasteiger partial charge in [-0.25, -0.2) is 0 Å². The van der Waals surface area contributed by atoms with Crippen LogP contribution < -0.4 is 10.1 Å². The highest BCUT2D eigenvalue weighted by atomic mass is 16.6. The van der Waals surface area contributed by atoms with Crippen LogP contribution in [0.5, 0.6) is 11.5 Å². The second kappa shape index (κ2) is 9.65. The van der Waals surface area contributed by atoms with Crippen LogP contribution in [0.15, 0.2) is 59.0 Å². The number of nitro benzene ring substituents is 1. The van der Waals surface area contributed by atoms with Crippen molar-refractivity contribution < 1.29 is 18.9 Å². The van der Waals surface area contributed by atoms with E-state index >= 15 is 0 Å². The first-order valence-corrected chi connectivity index (χ1v) is 10.6. The van der Waals surface area contributed by atoms with Gasteiger partial charge in [0.25, 0.3) is 11.6 Å². The van der Waals surface area contributed by atoms with Crippen LogP contribution in [-0.2, 0) is 6.54 Å². The number of nitrogens with one attached hydrogen (secondary N) is 1. The minimum atomic E-state index is -0.527. The summed E-state index contributed by atoms with van der Waals surface area (Å²) in [5.41, 5.74) is 1.14. The van der Waals surface area contributed by atoms with Crippen LogP contribution in [0.25, 0.3) is 0 Å². The number of carbonyl (C=O) groups is 1. The number of ether oxygens (including phenoxy) is 1. The van der Waals surface area contributed by atoms with E-state index in [4.69, 9.17) is 9.15 Å². The van der Waals surface area contributed by atoms with Gasteiger partial charge in [-0.3, -0.25) is 19.8 Å². The van der Waals surface area contributed by atoms with Gasteiger partial charge in [0, 0.05) is 12.1 Å². The van der Waals surface area contributed by atoms with Gasteiger partial charge in [0.2, 0.25) is 0 Å². The molecule has 4 rings (SSSR count). The van der Waals surface area contributed by atoms with E-state index < -0.39 is 10.8 Å². The van der Waals surface area contributed by atoms with Gasteiger partial charge in [0.15, 0.2) is 5.76 Å². The first-order valence-electron chi connectivity index (χ1n) is 10.6. The van der Waals surface area contributed by atoms with Gasteiger partial charge in [-0.1, -0.05) is 24.1 Å². The van der Waals surface area contributed by atoms with E-state index in [0.29, 0.717) is 12.3 Å². The molecule has 0 aliphatic carbocycles. The van der Waals surface area contributed by atoms with Crippen molar-refractivity contribution in [3.05, 3.63) is 81.8 Å². The Balaban J connectivity index is 1.47. The highest BCUT2D eigenvalue weighted by molar-refractivity contribution is 6.02. The number of piperidine rings is 1. The number of likely N-dealkylation sites (tertiary alicyclic amines) is 1. The molecule has 32 heavy (non-hydrogen) atoms. The maximum atomic E-state index is 12.7. The summed E-state index contributed by atoms with van der Waals surface area (Å²) in [5, 5.41) is 14.0. The van der Waals surface area contributed by atoms with Gasteiger partial charge in [-0.15, -0.1) is 0 Å². The van der Waals surface area contributed by atoms with E-state index in [9.17, 15) is 14.9 Å². The number of rotatable bonds is 7. The Morgan fingerprint density at radius 3 is 2.53 bits per heavy atom. The highest BCUT2D eigenvalue weighted by Crippen LogP contribution is 2.30. The fourth-order valence-corrected chi connectivity index (χ4v) is 3.68. The Hall–Kier alpha value is -3.65. The molecule has 2 aromatic carbocycles. The van der Waals surface area contributed by atoms with Crippen LogP contribution in [0.4, 0.5) is 11.4 Å². The number of hydrogen-bond acceptors (Lipinski definition) is 6. The van der Waals surface area contributed by atoms with Gasteiger partial charge >= 0.3 is 0 Å². The van der Waals surface area contributed by atoms with Crippen LogP contribution in [0.3, 0.4) is 0 Å². The van der Waals surface area contributed by atoms with Crippen molar-refractivity contribution >= 4 is 17.3 Å². The SMILES string of the molecule is Cc1ccc(Oc2cc(NC(=O)c3ccc(CN4CCCCC4)o3)cc([N+](=O)[O-])c2)cc1. The molecule has 0 saturated carbocycles. The molecule has 1 aliphatic heterocycles. The fourth-order valence-electron chi connectivity index (χ4n) is 3.68. The monoisotopic (exact) mass is 435 g/mol. The van der Waals surface area contributed by atoms with Crippen molar-refractivity contribution in [1.29, 1.82) is 0 Å². The second-order valence-electron chi connectivity index (χ2n) is 7.94. The molecule has 1 aliphatic rings. The normalized spacial score (nSPS) is 14.2. The third-order valence-corrected chi connectivity index (χ3v) is 5.33. The summed E-state index contributed by atoms with van der Waals surface area (Å²) in [6.07, 6.45) is 3.60. The Bertz CT molecular complexity index is 1100. The van der Waals surface area contributed by atoms with Gasteiger partial charge in [0.05, 0.1) is 23.2 Å². The van der Waals surface area contributed by atoms with E-state index in [0.717, 1.165) is 24.4 Å². The largest absolute Gasteiger partial charge is 0.457 e. The molecule has 0 bridgehead atoms. The number of benzene rings is 2. The highest BCUT2D eigenvalue weighted by Gasteiger charge is 2.18. The van der Waals surface area contributed by atoms with Crippen LogP contribution in [0.1, 0.15) is 41.1 Å². The Morgan fingerprint density at radius 1 is 1.06 bits per heavy atom. The summed E-state index contributed by atoms with van der Waals surface area (Å²) in [4.78, 5) is 25.8. The average molecular weight is 435 g/mol. The average Bonchev–Trinajstić information content (AvgIpc) is 3.24. The lowest BCUT2D eigenvalue weighted by molar-refractivity contribution is -0.384. The zero-order valence-corrected chi connectivity index (χ0v) is 17.9. The number of aryl methyl sites for hydroxylation is 1. The lowest BCUT2D eigenvalue weighted by Gasteiger charge is -2.25. The van der Waals surface area contributed by atoms with Crippen molar-refractivity contribution in [2.75, 3.05) is 18.4 Å². The van der Waals surface area contributed by atoms with Crippen molar-refractivity contribution in [1.82, 2.24) is 4.90 Å². The molecule has 1 saturated heterocycles. The molecule has 8 heteroatoms. The molecule has 166 valence electrons. The second-order valence-corrected chi connectivity index (χ2v) is 7.94. The molecule has 0 radical (unpaired) electrons. The molecule has 1 aromatic heterocycles. The fraction of sp³-hybridized carbons (Fsp3) is 0.292. The van der Waals surface area contributed by atoms with Crippen LogP contribution in [-0.4, -0.2) is 28.8 Å². The molecule has 1 amide bonds. The van der Waals surface area contributed by atoms with Gasteiger partial charge in [-0.2, -0.15) is 0 Å². The number of non-ortho nitro benzene ring substituents is 1. The number of carbonyl (C=O) groups excluding carboxylic acids is 1. The summed E-state index contributed by atoms with van der Waals surface area (Å²) in [7, 11) is 0. The maximum absolute atomic E-state index is 12.7. The lowest BCUT2D eigenvalue weighted by Crippen LogP contribution is -2.28. The van der Waals surface area contributed by atoms with Gasteiger partial charge in [-0.05, 0) is 57.1 Å². The number of nitro groups is 1. The molecule has 0 atom stereocenters. The predicted molar refractivity (Wildman–Crippen MR) is 120 cm³/mol. The minimum absolute atomic E-state index is 0.157. The number of anilines is 1. The number of amides is 1. The van der Waals surface area contributed by atoms with E-state index in [1.54, 1.807) is 30.3 Å². The molecular weight excluding hydrogens is 410 g/mol. The van der Waals surface area contributed by atoms with E-state index in [1.165, 1.54) is 31.4 Å². The van der Waals surface area contributed by atoms with Crippen LogP contribution in [0.2, 0.25) is 0 Å². The predicted octanol–water partition coefficient (Wildman–Crippen LogP) is 5.53. The summed E-state index contributed by atoms with van der Waals surface area (Å²) in [5.74, 6) is 1.20. The van der Waals surface area contributed by atoms with Crippen molar-refractivity contribution in [2.24, 2.45) is 0 Å². The molecule has 8 nitrogen and oxygen atoms in total. The topological polar surface area (TPSA) is 97.8 Å². The molecule has 3 aromatic rings. The molecule has 0 spiro atoms. The van der Waals surface area contributed by atoms with Gasteiger partial charge < -0.3 is 14.5 Å². The zero-order valence-electron chi connectivity index (χ0n) is 17.9. The number of furan rings is 1. The van der Waals surface area contributed by atoms with E-state index in [1.807, 2.05) is 19.1 Å². The summed E-state index contributed by atoms with van der Waals surface area (Å²) in [6, 6.07) is 14.9.